The first-order chi connectivity index (χ1) is 8.20. The van der Waals surface area contributed by atoms with Gasteiger partial charge in [0.2, 0.25) is 0 Å². The monoisotopic (exact) mass is 238 g/mol. The van der Waals surface area contributed by atoms with Gasteiger partial charge in [-0.25, -0.2) is 0 Å². The van der Waals surface area contributed by atoms with Gasteiger partial charge in [0.25, 0.3) is 0 Å². The molecule has 2 rings (SSSR count). The molecule has 0 radical (unpaired) electrons. The Kier molecular flexibility index (Phi) is 4.90. The summed E-state index contributed by atoms with van der Waals surface area (Å²) in [7, 11) is 0. The molecule has 0 saturated heterocycles. The average Bonchev–Trinajstić information content (AvgIpc) is 2.31. The van der Waals surface area contributed by atoms with Gasteiger partial charge in [0.15, 0.2) is 0 Å². The van der Waals surface area contributed by atoms with Crippen LogP contribution >= 0.6 is 0 Å². The second-order valence-electron chi connectivity index (χ2n) is 6.68. The van der Waals surface area contributed by atoms with Crippen LogP contribution in [0.5, 0.6) is 0 Å². The Morgan fingerprint density at radius 1 is 1.00 bits per heavy atom. The van der Waals surface area contributed by atoms with Gasteiger partial charge in [-0.1, -0.05) is 33.1 Å². The van der Waals surface area contributed by atoms with Gasteiger partial charge in [0.05, 0.1) is 6.10 Å². The van der Waals surface area contributed by atoms with Crippen molar-refractivity contribution in [2.75, 3.05) is 0 Å². The maximum absolute atomic E-state index is 9.60. The van der Waals surface area contributed by atoms with Crippen LogP contribution in [0.3, 0.4) is 0 Å². The summed E-state index contributed by atoms with van der Waals surface area (Å²) < 4.78 is 0. The third kappa shape index (κ3) is 3.47. The Balaban J connectivity index is 1.82. The zero-order chi connectivity index (χ0) is 12.3. The summed E-state index contributed by atoms with van der Waals surface area (Å²) in [5, 5.41) is 9.60. The predicted octanol–water partition coefficient (Wildman–Crippen LogP) is 4.39. The van der Waals surface area contributed by atoms with Crippen LogP contribution in [0, 0.1) is 23.7 Å². The maximum Gasteiger partial charge on any atom is 0.0540 e. The minimum absolute atomic E-state index is 0.0120. The molecule has 0 heterocycles. The Bertz CT molecular complexity index is 218. The fourth-order valence-electron chi connectivity index (χ4n) is 4.43. The van der Waals surface area contributed by atoms with E-state index in [1.54, 1.807) is 0 Å². The molecule has 1 N–H and O–H groups in total. The number of rotatable bonds is 3. The van der Waals surface area contributed by atoms with E-state index in [2.05, 4.69) is 13.8 Å². The van der Waals surface area contributed by atoms with Gasteiger partial charge in [-0.2, -0.15) is 0 Å². The molecule has 1 heteroatoms. The van der Waals surface area contributed by atoms with Crippen molar-refractivity contribution in [3.63, 3.8) is 0 Å². The van der Waals surface area contributed by atoms with Crippen molar-refractivity contribution < 1.29 is 5.11 Å². The SMILES string of the molecule is CCCC1CCC([C@H]2CC[C@H](O)CC2)C(C)C1. The maximum atomic E-state index is 9.60. The third-order valence-electron chi connectivity index (χ3n) is 5.39. The van der Waals surface area contributed by atoms with E-state index in [-0.39, 0.29) is 6.10 Å². The Hall–Kier alpha value is -0.0400. The van der Waals surface area contributed by atoms with Crippen molar-refractivity contribution in [3.05, 3.63) is 0 Å². The van der Waals surface area contributed by atoms with Crippen LogP contribution in [0.2, 0.25) is 0 Å². The van der Waals surface area contributed by atoms with Crippen LogP contribution in [0.4, 0.5) is 0 Å². The smallest absolute Gasteiger partial charge is 0.0540 e. The van der Waals surface area contributed by atoms with Crippen LogP contribution in [0.15, 0.2) is 0 Å². The Labute approximate surface area is 107 Å². The van der Waals surface area contributed by atoms with Crippen molar-refractivity contribution in [1.29, 1.82) is 0 Å². The van der Waals surface area contributed by atoms with Crippen molar-refractivity contribution >= 4 is 0 Å². The van der Waals surface area contributed by atoms with Crippen molar-refractivity contribution in [1.82, 2.24) is 0 Å². The molecule has 0 aliphatic heterocycles. The molecule has 2 saturated carbocycles. The van der Waals surface area contributed by atoms with Crippen LogP contribution in [-0.4, -0.2) is 11.2 Å². The molecule has 100 valence electrons. The highest BCUT2D eigenvalue weighted by atomic mass is 16.3. The zero-order valence-corrected chi connectivity index (χ0v) is 11.7. The summed E-state index contributed by atoms with van der Waals surface area (Å²) in [6.45, 7) is 4.80. The fourth-order valence-corrected chi connectivity index (χ4v) is 4.43. The highest BCUT2D eigenvalue weighted by molar-refractivity contribution is 4.85. The molecule has 3 atom stereocenters. The van der Waals surface area contributed by atoms with Gasteiger partial charge >= 0.3 is 0 Å². The Morgan fingerprint density at radius 2 is 1.71 bits per heavy atom. The first kappa shape index (κ1) is 13.4. The summed E-state index contributed by atoms with van der Waals surface area (Å²) in [5.41, 5.74) is 0. The minimum atomic E-state index is 0.0120. The summed E-state index contributed by atoms with van der Waals surface area (Å²) in [5.74, 6) is 3.84. The fraction of sp³-hybridized carbons (Fsp3) is 1.00. The van der Waals surface area contributed by atoms with Gasteiger partial charge in [-0.15, -0.1) is 0 Å². The molecular formula is C16H30O. The van der Waals surface area contributed by atoms with E-state index in [0.29, 0.717) is 0 Å². The van der Waals surface area contributed by atoms with Crippen molar-refractivity contribution in [2.24, 2.45) is 23.7 Å². The van der Waals surface area contributed by atoms with E-state index in [1.807, 2.05) is 0 Å². The van der Waals surface area contributed by atoms with E-state index >= 15 is 0 Å². The van der Waals surface area contributed by atoms with Crippen LogP contribution in [0.25, 0.3) is 0 Å². The van der Waals surface area contributed by atoms with Crippen LogP contribution in [-0.2, 0) is 0 Å². The standard InChI is InChI=1S/C16H30O/c1-3-4-13-5-10-16(12(2)11-13)14-6-8-15(17)9-7-14/h12-17H,3-11H2,1-2H3/t12?,13?,14-,15-,16?. The molecule has 0 bridgehead atoms. The van der Waals surface area contributed by atoms with Gasteiger partial charge in [-0.3, -0.25) is 0 Å². The molecule has 0 amide bonds. The second kappa shape index (κ2) is 6.22. The van der Waals surface area contributed by atoms with Crippen molar-refractivity contribution in [3.8, 4) is 0 Å². The lowest BCUT2D eigenvalue weighted by Gasteiger charge is -2.41. The Morgan fingerprint density at radius 3 is 2.29 bits per heavy atom. The van der Waals surface area contributed by atoms with E-state index in [9.17, 15) is 5.11 Å². The highest BCUT2D eigenvalue weighted by Crippen LogP contribution is 2.44. The summed E-state index contributed by atoms with van der Waals surface area (Å²) >= 11 is 0. The van der Waals surface area contributed by atoms with E-state index in [4.69, 9.17) is 0 Å². The molecule has 1 nitrogen and oxygen atoms in total. The normalized spacial score (nSPS) is 43.6. The van der Waals surface area contributed by atoms with Gasteiger partial charge in [-0.05, 0) is 62.2 Å². The summed E-state index contributed by atoms with van der Waals surface area (Å²) in [6, 6.07) is 0. The molecule has 0 aromatic rings. The summed E-state index contributed by atoms with van der Waals surface area (Å²) in [4.78, 5) is 0. The minimum Gasteiger partial charge on any atom is -0.393 e. The highest BCUT2D eigenvalue weighted by Gasteiger charge is 2.34. The van der Waals surface area contributed by atoms with Gasteiger partial charge in [0.1, 0.15) is 0 Å². The van der Waals surface area contributed by atoms with Crippen LogP contribution < -0.4 is 0 Å². The van der Waals surface area contributed by atoms with Gasteiger partial charge < -0.3 is 5.11 Å². The number of aliphatic hydroxyl groups is 1. The third-order valence-corrected chi connectivity index (χ3v) is 5.39. The van der Waals surface area contributed by atoms with E-state index in [0.717, 1.165) is 36.5 Å². The first-order valence-corrected chi connectivity index (χ1v) is 7.88. The summed E-state index contributed by atoms with van der Waals surface area (Å²) in [6.07, 6.45) is 11.9. The second-order valence-corrected chi connectivity index (χ2v) is 6.68. The predicted molar refractivity (Wildman–Crippen MR) is 72.9 cm³/mol. The topological polar surface area (TPSA) is 20.2 Å². The molecule has 0 spiro atoms. The molecule has 3 unspecified atom stereocenters. The average molecular weight is 238 g/mol. The number of hydrogen-bond acceptors (Lipinski definition) is 1. The molecule has 2 aliphatic carbocycles. The molecule has 17 heavy (non-hydrogen) atoms. The molecule has 2 aliphatic rings. The van der Waals surface area contributed by atoms with E-state index < -0.39 is 0 Å². The molecule has 2 fully saturated rings. The molecule has 0 aromatic heterocycles. The quantitative estimate of drug-likeness (QED) is 0.773. The molecular weight excluding hydrogens is 208 g/mol. The lowest BCUT2D eigenvalue weighted by atomic mass is 9.65. The lowest BCUT2D eigenvalue weighted by molar-refractivity contribution is 0.0550. The van der Waals surface area contributed by atoms with E-state index in [1.165, 1.54) is 44.9 Å². The zero-order valence-electron chi connectivity index (χ0n) is 11.7. The van der Waals surface area contributed by atoms with Crippen molar-refractivity contribution in [2.45, 2.75) is 77.7 Å². The number of hydrogen-bond donors (Lipinski definition) is 1. The lowest BCUT2D eigenvalue weighted by Crippen LogP contribution is -2.32. The van der Waals surface area contributed by atoms with Crippen LogP contribution in [0.1, 0.15) is 71.6 Å². The largest absolute Gasteiger partial charge is 0.393 e. The first-order valence-electron chi connectivity index (χ1n) is 7.88. The number of aliphatic hydroxyl groups excluding tert-OH is 1. The molecule has 0 aromatic carbocycles. The van der Waals surface area contributed by atoms with Gasteiger partial charge in [0, 0.05) is 0 Å².